The zero-order valence-corrected chi connectivity index (χ0v) is 10.9. The highest BCUT2D eigenvalue weighted by Gasteiger charge is 2.11. The molecule has 2 heterocycles. The first-order valence-electron chi connectivity index (χ1n) is 5.61. The highest BCUT2D eigenvalue weighted by atomic mass is 32.1. The zero-order chi connectivity index (χ0) is 13.5. The van der Waals surface area contributed by atoms with Gasteiger partial charge in [-0.3, -0.25) is 4.79 Å². The van der Waals surface area contributed by atoms with Crippen LogP contribution in [-0.4, -0.2) is 29.1 Å². The molecule has 0 fully saturated rings. The molecule has 3 N–H and O–H groups in total. The van der Waals surface area contributed by atoms with Crippen molar-refractivity contribution in [1.29, 1.82) is 0 Å². The minimum absolute atomic E-state index is 0.153. The summed E-state index contributed by atoms with van der Waals surface area (Å²) >= 11 is 1.35. The number of thiophene rings is 1. The molecular weight excluding hydrogens is 264 g/mol. The van der Waals surface area contributed by atoms with Gasteiger partial charge >= 0.3 is 0 Å². The Morgan fingerprint density at radius 3 is 3.21 bits per heavy atom. The van der Waals surface area contributed by atoms with Gasteiger partial charge in [0, 0.05) is 18.5 Å². The van der Waals surface area contributed by atoms with Crippen LogP contribution >= 0.6 is 11.3 Å². The predicted molar refractivity (Wildman–Crippen MR) is 70.6 cm³/mol. The monoisotopic (exact) mass is 276 g/mol. The van der Waals surface area contributed by atoms with E-state index in [1.165, 1.54) is 17.7 Å². The van der Waals surface area contributed by atoms with E-state index in [1.54, 1.807) is 6.07 Å². The second kappa shape index (κ2) is 6.68. The molecule has 19 heavy (non-hydrogen) atoms. The Morgan fingerprint density at radius 2 is 2.47 bits per heavy atom. The van der Waals surface area contributed by atoms with Crippen LogP contribution in [0.1, 0.15) is 21.1 Å². The molecule has 2 aromatic rings. The average Bonchev–Trinajstić information content (AvgIpc) is 3.07. The van der Waals surface area contributed by atoms with Crippen molar-refractivity contribution in [3.8, 4) is 11.8 Å². The molecule has 0 aromatic carbocycles. The van der Waals surface area contributed by atoms with Crippen LogP contribution in [0.25, 0.3) is 0 Å². The Labute approximate surface area is 114 Å². The van der Waals surface area contributed by atoms with Gasteiger partial charge in [0.05, 0.1) is 6.54 Å². The summed E-state index contributed by atoms with van der Waals surface area (Å²) in [5, 5.41) is 8.28. The third-order valence-electron chi connectivity index (χ3n) is 2.24. The fourth-order valence-corrected chi connectivity index (χ4v) is 2.17. The van der Waals surface area contributed by atoms with Crippen molar-refractivity contribution in [2.24, 2.45) is 5.73 Å². The first-order chi connectivity index (χ1) is 9.31. The van der Waals surface area contributed by atoms with Gasteiger partial charge in [-0.1, -0.05) is 17.0 Å². The lowest BCUT2D eigenvalue weighted by Gasteiger charge is -2.01. The molecule has 6 nitrogen and oxygen atoms in total. The van der Waals surface area contributed by atoms with Gasteiger partial charge < -0.3 is 15.6 Å². The van der Waals surface area contributed by atoms with Crippen molar-refractivity contribution in [2.75, 3.05) is 13.1 Å². The molecule has 0 atom stereocenters. The molecule has 2 rings (SSSR count). The Kier molecular flexibility index (Phi) is 4.66. The number of carbonyl (C=O) groups is 1. The van der Waals surface area contributed by atoms with E-state index in [2.05, 4.69) is 31.8 Å². The van der Waals surface area contributed by atoms with E-state index in [0.29, 0.717) is 29.2 Å². The Morgan fingerprint density at radius 1 is 1.58 bits per heavy atom. The molecular formula is C12H12N4O2S. The smallest absolute Gasteiger partial charge is 0.262 e. The number of carbonyl (C=O) groups excluding carboxylic acids is 1. The molecule has 0 aliphatic carbocycles. The van der Waals surface area contributed by atoms with E-state index in [4.69, 9.17) is 5.73 Å². The van der Waals surface area contributed by atoms with E-state index in [-0.39, 0.29) is 12.5 Å². The lowest BCUT2D eigenvalue weighted by molar-refractivity contribution is 0.0957. The van der Waals surface area contributed by atoms with Gasteiger partial charge in [-0.25, -0.2) is 0 Å². The highest BCUT2D eigenvalue weighted by molar-refractivity contribution is 7.12. The van der Waals surface area contributed by atoms with Crippen molar-refractivity contribution in [2.45, 2.75) is 6.42 Å². The van der Waals surface area contributed by atoms with Gasteiger partial charge in [0.2, 0.25) is 6.39 Å². The van der Waals surface area contributed by atoms with Crippen LogP contribution in [0.2, 0.25) is 0 Å². The minimum atomic E-state index is -0.153. The van der Waals surface area contributed by atoms with E-state index in [9.17, 15) is 4.79 Å². The van der Waals surface area contributed by atoms with Gasteiger partial charge in [-0.05, 0) is 11.4 Å². The summed E-state index contributed by atoms with van der Waals surface area (Å²) in [7, 11) is 0. The molecule has 0 bridgehead atoms. The Balaban J connectivity index is 1.91. The highest BCUT2D eigenvalue weighted by Crippen LogP contribution is 2.15. The quantitative estimate of drug-likeness (QED) is 0.789. The predicted octanol–water partition coefficient (Wildman–Crippen LogP) is 0.414. The van der Waals surface area contributed by atoms with Crippen LogP contribution in [0.5, 0.6) is 0 Å². The maximum Gasteiger partial charge on any atom is 0.262 e. The molecule has 1 amide bonds. The van der Waals surface area contributed by atoms with Gasteiger partial charge in [-0.2, -0.15) is 4.98 Å². The first-order valence-corrected chi connectivity index (χ1v) is 6.49. The maximum atomic E-state index is 12.0. The zero-order valence-electron chi connectivity index (χ0n) is 10.0. The third-order valence-corrected chi connectivity index (χ3v) is 3.15. The molecule has 0 spiro atoms. The SMILES string of the molecule is NCC#Cc1ccsc1C(=O)NCCc1ncon1. The Hall–Kier alpha value is -2.17. The number of rotatable bonds is 4. The van der Waals surface area contributed by atoms with Crippen molar-refractivity contribution >= 4 is 17.2 Å². The normalized spacial score (nSPS) is 9.74. The third kappa shape index (κ3) is 3.64. The second-order valence-corrected chi connectivity index (χ2v) is 4.44. The summed E-state index contributed by atoms with van der Waals surface area (Å²) in [4.78, 5) is 16.4. The van der Waals surface area contributed by atoms with Crippen LogP contribution in [-0.2, 0) is 6.42 Å². The van der Waals surface area contributed by atoms with Gasteiger partial charge in [0.25, 0.3) is 5.91 Å². The van der Waals surface area contributed by atoms with Crippen LogP contribution in [0.3, 0.4) is 0 Å². The van der Waals surface area contributed by atoms with Crippen molar-refractivity contribution in [3.05, 3.63) is 34.1 Å². The fraction of sp³-hybridized carbons (Fsp3) is 0.250. The van der Waals surface area contributed by atoms with Gasteiger partial charge in [-0.15, -0.1) is 11.3 Å². The number of nitrogens with one attached hydrogen (secondary N) is 1. The van der Waals surface area contributed by atoms with E-state index < -0.39 is 0 Å². The largest absolute Gasteiger partial charge is 0.351 e. The Bertz CT molecular complexity index is 595. The number of hydrogen-bond donors (Lipinski definition) is 2. The molecule has 98 valence electrons. The summed E-state index contributed by atoms with van der Waals surface area (Å²) in [6.07, 6.45) is 1.79. The van der Waals surface area contributed by atoms with Crippen LogP contribution in [0.4, 0.5) is 0 Å². The summed E-state index contributed by atoms with van der Waals surface area (Å²) in [6, 6.07) is 1.81. The summed E-state index contributed by atoms with van der Waals surface area (Å²) < 4.78 is 4.61. The minimum Gasteiger partial charge on any atom is -0.351 e. The molecule has 0 unspecified atom stereocenters. The van der Waals surface area contributed by atoms with E-state index >= 15 is 0 Å². The maximum absolute atomic E-state index is 12.0. The van der Waals surface area contributed by atoms with E-state index in [0.717, 1.165) is 0 Å². The second-order valence-electron chi connectivity index (χ2n) is 3.52. The van der Waals surface area contributed by atoms with Crippen molar-refractivity contribution in [3.63, 3.8) is 0 Å². The fourth-order valence-electron chi connectivity index (χ4n) is 1.40. The number of nitrogens with two attached hydrogens (primary N) is 1. The molecule has 0 saturated carbocycles. The summed E-state index contributed by atoms with van der Waals surface area (Å²) in [6.45, 7) is 0.717. The van der Waals surface area contributed by atoms with Crippen LogP contribution in [0, 0.1) is 11.8 Å². The lowest BCUT2D eigenvalue weighted by atomic mass is 10.2. The first kappa shape index (κ1) is 13.3. The summed E-state index contributed by atoms with van der Waals surface area (Å²) in [5.41, 5.74) is 6.01. The van der Waals surface area contributed by atoms with E-state index in [1.807, 2.05) is 5.38 Å². The topological polar surface area (TPSA) is 94.0 Å². The molecule has 7 heteroatoms. The molecule has 2 aromatic heterocycles. The number of aromatic nitrogens is 2. The average molecular weight is 276 g/mol. The molecule has 0 radical (unpaired) electrons. The number of amides is 1. The molecule has 0 aliphatic rings. The van der Waals surface area contributed by atoms with Gasteiger partial charge in [0.1, 0.15) is 4.88 Å². The standard InChI is InChI=1S/C12H12N4O2S/c13-5-1-2-9-4-7-19-11(9)12(17)14-6-3-10-15-8-18-16-10/h4,7-8H,3,5-6,13H2,(H,14,17). The van der Waals surface area contributed by atoms with Crippen molar-refractivity contribution < 1.29 is 9.32 Å². The van der Waals surface area contributed by atoms with Crippen LogP contribution in [0.15, 0.2) is 22.4 Å². The molecule has 0 saturated heterocycles. The van der Waals surface area contributed by atoms with Gasteiger partial charge in [0.15, 0.2) is 5.82 Å². The number of nitrogens with zero attached hydrogens (tertiary/aromatic N) is 2. The lowest BCUT2D eigenvalue weighted by Crippen LogP contribution is -2.25. The summed E-state index contributed by atoms with van der Waals surface area (Å²) in [5.74, 6) is 6.02. The number of hydrogen-bond acceptors (Lipinski definition) is 6. The van der Waals surface area contributed by atoms with Crippen molar-refractivity contribution in [1.82, 2.24) is 15.5 Å². The molecule has 0 aliphatic heterocycles. The van der Waals surface area contributed by atoms with Crippen LogP contribution < -0.4 is 11.1 Å².